The standard InChI is InChI=1S/C18H29NO/c1-3-19-18(13-15-9-6-5-7-10-15)16-11-8-12-17(14-16)20-4-2/h8,11-12,14-15,18-19H,3-7,9-10,13H2,1-2H3. The van der Waals surface area contributed by atoms with Gasteiger partial charge in [-0.3, -0.25) is 0 Å². The molecular formula is C18H29NO. The van der Waals surface area contributed by atoms with Gasteiger partial charge in [-0.2, -0.15) is 0 Å². The van der Waals surface area contributed by atoms with E-state index < -0.39 is 0 Å². The van der Waals surface area contributed by atoms with Crippen molar-refractivity contribution < 1.29 is 4.74 Å². The van der Waals surface area contributed by atoms with E-state index in [1.807, 2.05) is 6.92 Å². The average Bonchev–Trinajstić information content (AvgIpc) is 2.49. The fourth-order valence-corrected chi connectivity index (χ4v) is 3.33. The van der Waals surface area contributed by atoms with Crippen molar-refractivity contribution in [3.63, 3.8) is 0 Å². The molecule has 2 rings (SSSR count). The number of ether oxygens (including phenoxy) is 1. The summed E-state index contributed by atoms with van der Waals surface area (Å²) in [5.41, 5.74) is 1.38. The summed E-state index contributed by atoms with van der Waals surface area (Å²) in [5, 5.41) is 3.66. The molecule has 1 aliphatic carbocycles. The average molecular weight is 275 g/mol. The summed E-state index contributed by atoms with van der Waals surface area (Å²) in [7, 11) is 0. The molecule has 112 valence electrons. The van der Waals surface area contributed by atoms with E-state index in [1.165, 1.54) is 44.1 Å². The first kappa shape index (κ1) is 15.4. The van der Waals surface area contributed by atoms with Crippen molar-refractivity contribution in [2.45, 2.75) is 58.4 Å². The second-order valence-corrected chi connectivity index (χ2v) is 5.86. The van der Waals surface area contributed by atoms with Crippen LogP contribution in [0, 0.1) is 5.92 Å². The van der Waals surface area contributed by atoms with Gasteiger partial charge in [0.05, 0.1) is 6.61 Å². The maximum absolute atomic E-state index is 5.64. The van der Waals surface area contributed by atoms with Crippen LogP contribution in [-0.2, 0) is 0 Å². The number of benzene rings is 1. The highest BCUT2D eigenvalue weighted by molar-refractivity contribution is 5.30. The normalized spacial score (nSPS) is 17.9. The molecule has 0 aliphatic heterocycles. The van der Waals surface area contributed by atoms with Gasteiger partial charge in [0.1, 0.15) is 5.75 Å². The van der Waals surface area contributed by atoms with E-state index in [4.69, 9.17) is 4.74 Å². The van der Waals surface area contributed by atoms with E-state index in [-0.39, 0.29) is 0 Å². The summed E-state index contributed by atoms with van der Waals surface area (Å²) in [5.74, 6) is 1.89. The van der Waals surface area contributed by atoms with Crippen molar-refractivity contribution in [1.29, 1.82) is 0 Å². The first-order valence-corrected chi connectivity index (χ1v) is 8.29. The van der Waals surface area contributed by atoms with Crippen LogP contribution in [0.1, 0.15) is 64.0 Å². The zero-order valence-electron chi connectivity index (χ0n) is 13.0. The summed E-state index contributed by atoms with van der Waals surface area (Å²) in [4.78, 5) is 0. The Labute approximate surface area is 123 Å². The fraction of sp³-hybridized carbons (Fsp3) is 0.667. The molecule has 1 saturated carbocycles. The van der Waals surface area contributed by atoms with E-state index in [0.717, 1.165) is 24.8 Å². The van der Waals surface area contributed by atoms with Gasteiger partial charge >= 0.3 is 0 Å². The Morgan fingerprint density at radius 1 is 1.20 bits per heavy atom. The minimum Gasteiger partial charge on any atom is -0.494 e. The number of nitrogens with one attached hydrogen (secondary N) is 1. The minimum absolute atomic E-state index is 0.475. The van der Waals surface area contributed by atoms with E-state index in [0.29, 0.717) is 6.04 Å². The quantitative estimate of drug-likeness (QED) is 0.778. The van der Waals surface area contributed by atoms with Crippen molar-refractivity contribution in [3.05, 3.63) is 29.8 Å². The lowest BCUT2D eigenvalue weighted by atomic mass is 9.83. The third kappa shape index (κ3) is 4.52. The Balaban J connectivity index is 2.04. The molecule has 0 amide bonds. The Morgan fingerprint density at radius 3 is 2.70 bits per heavy atom. The highest BCUT2D eigenvalue weighted by atomic mass is 16.5. The molecule has 0 saturated heterocycles. The molecule has 0 radical (unpaired) electrons. The molecule has 0 spiro atoms. The Bertz CT molecular complexity index is 385. The number of hydrogen-bond donors (Lipinski definition) is 1. The topological polar surface area (TPSA) is 21.3 Å². The minimum atomic E-state index is 0.475. The lowest BCUT2D eigenvalue weighted by Crippen LogP contribution is -2.24. The van der Waals surface area contributed by atoms with E-state index in [9.17, 15) is 0 Å². The first-order chi connectivity index (χ1) is 9.83. The maximum Gasteiger partial charge on any atom is 0.119 e. The molecular weight excluding hydrogens is 246 g/mol. The second kappa shape index (κ2) is 8.31. The molecule has 1 aromatic carbocycles. The Morgan fingerprint density at radius 2 is 2.00 bits per heavy atom. The molecule has 1 aliphatic rings. The van der Waals surface area contributed by atoms with Gasteiger partial charge in [-0.05, 0) is 43.5 Å². The first-order valence-electron chi connectivity index (χ1n) is 8.29. The summed E-state index contributed by atoms with van der Waals surface area (Å²) in [6.07, 6.45) is 8.36. The van der Waals surface area contributed by atoms with Crippen LogP contribution in [0.25, 0.3) is 0 Å². The molecule has 1 N–H and O–H groups in total. The van der Waals surface area contributed by atoms with Crippen molar-refractivity contribution in [2.75, 3.05) is 13.2 Å². The molecule has 1 fully saturated rings. The van der Waals surface area contributed by atoms with Crippen LogP contribution in [-0.4, -0.2) is 13.2 Å². The molecule has 2 heteroatoms. The lowest BCUT2D eigenvalue weighted by molar-refractivity contribution is 0.300. The van der Waals surface area contributed by atoms with Crippen LogP contribution in [0.3, 0.4) is 0 Å². The third-order valence-electron chi connectivity index (χ3n) is 4.32. The van der Waals surface area contributed by atoms with Crippen molar-refractivity contribution in [1.82, 2.24) is 5.32 Å². The van der Waals surface area contributed by atoms with Crippen LogP contribution < -0.4 is 10.1 Å². The highest BCUT2D eigenvalue weighted by Crippen LogP contribution is 2.32. The molecule has 2 nitrogen and oxygen atoms in total. The van der Waals surface area contributed by atoms with Crippen LogP contribution in [0.4, 0.5) is 0 Å². The molecule has 0 bridgehead atoms. The third-order valence-corrected chi connectivity index (χ3v) is 4.32. The zero-order chi connectivity index (χ0) is 14.2. The second-order valence-electron chi connectivity index (χ2n) is 5.86. The molecule has 1 unspecified atom stereocenters. The van der Waals surface area contributed by atoms with Crippen LogP contribution in [0.15, 0.2) is 24.3 Å². The Kier molecular flexibility index (Phi) is 6.38. The Hall–Kier alpha value is -1.02. The van der Waals surface area contributed by atoms with Gasteiger partial charge in [-0.15, -0.1) is 0 Å². The maximum atomic E-state index is 5.64. The van der Waals surface area contributed by atoms with Gasteiger partial charge in [0, 0.05) is 6.04 Å². The van der Waals surface area contributed by atoms with Gasteiger partial charge in [-0.25, -0.2) is 0 Å². The van der Waals surface area contributed by atoms with E-state index in [2.05, 4.69) is 36.5 Å². The molecule has 20 heavy (non-hydrogen) atoms. The van der Waals surface area contributed by atoms with Crippen LogP contribution in [0.2, 0.25) is 0 Å². The summed E-state index contributed by atoms with van der Waals surface area (Å²) in [6.45, 7) is 5.99. The van der Waals surface area contributed by atoms with Crippen LogP contribution >= 0.6 is 0 Å². The molecule has 0 aromatic heterocycles. The van der Waals surface area contributed by atoms with Gasteiger partial charge in [0.15, 0.2) is 0 Å². The molecule has 1 aromatic rings. The zero-order valence-corrected chi connectivity index (χ0v) is 13.0. The van der Waals surface area contributed by atoms with Crippen molar-refractivity contribution in [2.24, 2.45) is 5.92 Å². The lowest BCUT2D eigenvalue weighted by Gasteiger charge is -2.27. The highest BCUT2D eigenvalue weighted by Gasteiger charge is 2.19. The number of hydrogen-bond acceptors (Lipinski definition) is 2. The van der Waals surface area contributed by atoms with E-state index >= 15 is 0 Å². The summed E-state index contributed by atoms with van der Waals surface area (Å²) < 4.78 is 5.64. The van der Waals surface area contributed by atoms with Gasteiger partial charge in [0.25, 0.3) is 0 Å². The number of rotatable bonds is 7. The summed E-state index contributed by atoms with van der Waals surface area (Å²) in [6, 6.07) is 9.09. The van der Waals surface area contributed by atoms with Gasteiger partial charge in [0.2, 0.25) is 0 Å². The molecule has 0 heterocycles. The largest absolute Gasteiger partial charge is 0.494 e. The van der Waals surface area contributed by atoms with Crippen molar-refractivity contribution >= 4 is 0 Å². The fourth-order valence-electron chi connectivity index (χ4n) is 3.33. The van der Waals surface area contributed by atoms with E-state index in [1.54, 1.807) is 0 Å². The predicted molar refractivity (Wildman–Crippen MR) is 85.2 cm³/mol. The predicted octanol–water partition coefficient (Wildman–Crippen LogP) is 4.71. The van der Waals surface area contributed by atoms with Gasteiger partial charge < -0.3 is 10.1 Å². The SMILES string of the molecule is CCNC(CC1CCCCC1)c1cccc(OCC)c1. The monoisotopic (exact) mass is 275 g/mol. The van der Waals surface area contributed by atoms with Gasteiger partial charge in [-0.1, -0.05) is 51.2 Å². The molecule has 1 atom stereocenters. The van der Waals surface area contributed by atoms with Crippen molar-refractivity contribution in [3.8, 4) is 5.75 Å². The smallest absolute Gasteiger partial charge is 0.119 e. The van der Waals surface area contributed by atoms with Crippen LogP contribution in [0.5, 0.6) is 5.75 Å². The summed E-state index contributed by atoms with van der Waals surface area (Å²) >= 11 is 0.